The van der Waals surface area contributed by atoms with E-state index in [-0.39, 0.29) is 19.1 Å². The number of hydrogen-bond acceptors (Lipinski definition) is 4. The van der Waals surface area contributed by atoms with Crippen LogP contribution in [0.4, 0.5) is 4.79 Å². The molecular weight excluding hydrogens is 356 g/mol. The van der Waals surface area contributed by atoms with Crippen LogP contribution in [0.25, 0.3) is 11.1 Å². The summed E-state index contributed by atoms with van der Waals surface area (Å²) in [6.07, 6.45) is 2.18. The van der Waals surface area contributed by atoms with Crippen LogP contribution in [-0.2, 0) is 9.53 Å². The van der Waals surface area contributed by atoms with Gasteiger partial charge in [0.1, 0.15) is 13.2 Å². The van der Waals surface area contributed by atoms with E-state index in [0.717, 1.165) is 30.4 Å². The first-order chi connectivity index (χ1) is 13.6. The summed E-state index contributed by atoms with van der Waals surface area (Å²) in [6.45, 7) is 2.49. The van der Waals surface area contributed by atoms with Crippen molar-refractivity contribution in [2.75, 3.05) is 19.7 Å². The highest BCUT2D eigenvalue weighted by Gasteiger charge is 2.29. The smallest absolute Gasteiger partial charge is 0.421 e. The zero-order valence-electron chi connectivity index (χ0n) is 16.1. The molecule has 0 saturated carbocycles. The molecule has 1 aliphatic carbocycles. The van der Waals surface area contributed by atoms with Crippen molar-refractivity contribution >= 4 is 12.1 Å². The van der Waals surface area contributed by atoms with Crippen molar-refractivity contribution in [3.63, 3.8) is 0 Å². The topological polar surface area (TPSA) is 78.9 Å². The van der Waals surface area contributed by atoms with Crippen LogP contribution in [0.3, 0.4) is 0 Å². The fourth-order valence-electron chi connectivity index (χ4n) is 3.65. The van der Waals surface area contributed by atoms with Crippen LogP contribution < -0.4 is 5.43 Å². The molecule has 3 rings (SSSR count). The zero-order valence-corrected chi connectivity index (χ0v) is 16.1. The fraction of sp³-hybridized carbons (Fsp3) is 0.364. The van der Waals surface area contributed by atoms with Crippen molar-refractivity contribution in [1.29, 1.82) is 0 Å². The van der Waals surface area contributed by atoms with Gasteiger partial charge in [-0.25, -0.2) is 9.80 Å². The van der Waals surface area contributed by atoms with Gasteiger partial charge in [0.15, 0.2) is 0 Å². The predicted octanol–water partition coefficient (Wildman–Crippen LogP) is 4.02. The fourth-order valence-corrected chi connectivity index (χ4v) is 3.65. The van der Waals surface area contributed by atoms with E-state index in [9.17, 15) is 9.59 Å². The summed E-state index contributed by atoms with van der Waals surface area (Å²) < 4.78 is 5.47. The summed E-state index contributed by atoms with van der Waals surface area (Å²) in [4.78, 5) is 23.3. The Hall–Kier alpha value is -2.86. The Balaban J connectivity index is 1.63. The maximum atomic E-state index is 12.3. The molecule has 148 valence electrons. The second kappa shape index (κ2) is 9.37. The number of aliphatic carboxylic acids is 1. The van der Waals surface area contributed by atoms with E-state index in [0.29, 0.717) is 6.54 Å². The van der Waals surface area contributed by atoms with Crippen molar-refractivity contribution < 1.29 is 19.4 Å². The quantitative estimate of drug-likeness (QED) is 0.506. The van der Waals surface area contributed by atoms with Gasteiger partial charge in [-0.15, -0.1) is 0 Å². The van der Waals surface area contributed by atoms with Crippen LogP contribution in [-0.4, -0.2) is 41.9 Å². The molecule has 1 aliphatic rings. The highest BCUT2D eigenvalue weighted by molar-refractivity contribution is 5.79. The third-order valence-corrected chi connectivity index (χ3v) is 4.95. The number of fused-ring (bicyclic) bond motifs is 3. The Labute approximate surface area is 165 Å². The van der Waals surface area contributed by atoms with Gasteiger partial charge in [-0.3, -0.25) is 10.2 Å². The molecule has 2 aromatic rings. The summed E-state index contributed by atoms with van der Waals surface area (Å²) >= 11 is 0. The van der Waals surface area contributed by atoms with E-state index < -0.39 is 12.1 Å². The van der Waals surface area contributed by atoms with Crippen LogP contribution in [0.5, 0.6) is 0 Å². The number of benzene rings is 2. The highest BCUT2D eigenvalue weighted by Crippen LogP contribution is 2.44. The molecule has 0 unspecified atom stereocenters. The highest BCUT2D eigenvalue weighted by atomic mass is 16.6. The predicted molar refractivity (Wildman–Crippen MR) is 107 cm³/mol. The maximum absolute atomic E-state index is 12.3. The van der Waals surface area contributed by atoms with Gasteiger partial charge < -0.3 is 9.84 Å². The molecule has 2 N–H and O–H groups in total. The van der Waals surface area contributed by atoms with E-state index in [2.05, 4.69) is 36.6 Å². The second-order valence-corrected chi connectivity index (χ2v) is 6.96. The third-order valence-electron chi connectivity index (χ3n) is 4.95. The van der Waals surface area contributed by atoms with Crippen molar-refractivity contribution in [3.8, 4) is 11.1 Å². The molecule has 0 bridgehead atoms. The van der Waals surface area contributed by atoms with Crippen LogP contribution in [0.2, 0.25) is 0 Å². The maximum Gasteiger partial charge on any atom is 0.421 e. The summed E-state index contributed by atoms with van der Waals surface area (Å²) in [5.74, 6) is -1.01. The first kappa shape index (κ1) is 19.9. The SMILES string of the molecule is CCCCCN(CC(=O)O)NC(=O)OCC1c2ccccc2-c2ccccc21. The van der Waals surface area contributed by atoms with E-state index >= 15 is 0 Å². The van der Waals surface area contributed by atoms with Gasteiger partial charge in [0.25, 0.3) is 0 Å². The average Bonchev–Trinajstić information content (AvgIpc) is 3.00. The molecule has 0 heterocycles. The normalized spacial score (nSPS) is 12.5. The van der Waals surface area contributed by atoms with E-state index in [4.69, 9.17) is 9.84 Å². The zero-order chi connectivity index (χ0) is 19.9. The van der Waals surface area contributed by atoms with Crippen LogP contribution in [0, 0.1) is 0 Å². The van der Waals surface area contributed by atoms with Crippen LogP contribution in [0.1, 0.15) is 43.2 Å². The standard InChI is InChI=1S/C22H26N2O4/c1-2-3-8-13-24(14-21(25)26)23-22(27)28-15-20-18-11-6-4-9-16(18)17-10-5-7-12-19(17)20/h4-7,9-12,20H,2-3,8,13-15H2,1H3,(H,23,27)(H,25,26). The number of hydrogen-bond donors (Lipinski definition) is 2. The Bertz CT molecular complexity index is 791. The van der Waals surface area contributed by atoms with Crippen molar-refractivity contribution in [2.24, 2.45) is 0 Å². The van der Waals surface area contributed by atoms with Crippen molar-refractivity contribution in [2.45, 2.75) is 32.1 Å². The van der Waals surface area contributed by atoms with Crippen molar-refractivity contribution in [3.05, 3.63) is 59.7 Å². The molecule has 0 spiro atoms. The first-order valence-electron chi connectivity index (χ1n) is 9.68. The lowest BCUT2D eigenvalue weighted by Gasteiger charge is -2.21. The lowest BCUT2D eigenvalue weighted by Crippen LogP contribution is -2.46. The molecule has 28 heavy (non-hydrogen) atoms. The number of nitrogens with one attached hydrogen (secondary N) is 1. The molecule has 0 saturated heterocycles. The van der Waals surface area contributed by atoms with Crippen LogP contribution >= 0.6 is 0 Å². The summed E-state index contributed by atoms with van der Waals surface area (Å²) in [5.41, 5.74) is 7.18. The van der Waals surface area contributed by atoms with Gasteiger partial charge >= 0.3 is 12.1 Å². The number of carbonyl (C=O) groups is 2. The number of carboxylic acid groups (broad SMARTS) is 1. The number of ether oxygens (including phenoxy) is 1. The number of rotatable bonds is 9. The Morgan fingerprint density at radius 2 is 1.64 bits per heavy atom. The van der Waals surface area contributed by atoms with Crippen molar-refractivity contribution in [1.82, 2.24) is 10.4 Å². The number of unbranched alkanes of at least 4 members (excludes halogenated alkanes) is 2. The molecule has 0 aromatic heterocycles. The minimum Gasteiger partial charge on any atom is -0.480 e. The van der Waals surface area contributed by atoms with E-state index in [1.54, 1.807) is 0 Å². The molecule has 6 nitrogen and oxygen atoms in total. The lowest BCUT2D eigenvalue weighted by molar-refractivity contribution is -0.138. The van der Waals surface area contributed by atoms with E-state index in [1.807, 2.05) is 24.3 Å². The third kappa shape index (κ3) is 4.70. The monoisotopic (exact) mass is 382 g/mol. The molecular formula is C22H26N2O4. The molecule has 2 aromatic carbocycles. The Morgan fingerprint density at radius 1 is 1.04 bits per heavy atom. The summed E-state index contributed by atoms with van der Waals surface area (Å²) in [6, 6.07) is 16.3. The molecule has 0 aliphatic heterocycles. The van der Waals surface area contributed by atoms with Gasteiger partial charge in [0.2, 0.25) is 0 Å². The van der Waals surface area contributed by atoms with Gasteiger partial charge in [-0.2, -0.15) is 0 Å². The Morgan fingerprint density at radius 3 is 2.21 bits per heavy atom. The summed E-state index contributed by atoms with van der Waals surface area (Å²) in [7, 11) is 0. The molecule has 0 atom stereocenters. The summed E-state index contributed by atoms with van der Waals surface area (Å²) in [5, 5.41) is 10.4. The molecule has 0 radical (unpaired) electrons. The van der Waals surface area contributed by atoms with Gasteiger partial charge in [-0.1, -0.05) is 68.3 Å². The minimum atomic E-state index is -0.990. The second-order valence-electron chi connectivity index (χ2n) is 6.96. The number of nitrogens with zero attached hydrogens (tertiary/aromatic N) is 1. The number of hydrazine groups is 1. The van der Waals surface area contributed by atoms with Gasteiger partial charge in [0.05, 0.1) is 0 Å². The van der Waals surface area contributed by atoms with Gasteiger partial charge in [0, 0.05) is 12.5 Å². The number of amides is 1. The molecule has 6 heteroatoms. The number of carbonyl (C=O) groups excluding carboxylic acids is 1. The lowest BCUT2D eigenvalue weighted by atomic mass is 9.98. The minimum absolute atomic E-state index is 0.0221. The molecule has 0 fully saturated rings. The average molecular weight is 382 g/mol. The van der Waals surface area contributed by atoms with Crippen LogP contribution in [0.15, 0.2) is 48.5 Å². The number of carboxylic acids is 1. The van der Waals surface area contributed by atoms with E-state index in [1.165, 1.54) is 16.1 Å². The largest absolute Gasteiger partial charge is 0.480 e. The Kier molecular flexibility index (Phi) is 6.66. The van der Waals surface area contributed by atoms with Gasteiger partial charge in [-0.05, 0) is 28.7 Å². The molecule has 1 amide bonds. The first-order valence-corrected chi connectivity index (χ1v) is 9.68.